The first-order valence-electron chi connectivity index (χ1n) is 8.67. The van der Waals surface area contributed by atoms with Crippen molar-refractivity contribution >= 4 is 0 Å². The molecule has 0 radical (unpaired) electrons. The van der Waals surface area contributed by atoms with Gasteiger partial charge in [-0.3, -0.25) is 4.90 Å². The molecule has 0 aromatic heterocycles. The summed E-state index contributed by atoms with van der Waals surface area (Å²) in [6.07, 6.45) is 7.83. The molecule has 4 unspecified atom stereocenters. The van der Waals surface area contributed by atoms with Gasteiger partial charge in [-0.2, -0.15) is 0 Å². The molecule has 4 atom stereocenters. The molecule has 1 aliphatic carbocycles. The van der Waals surface area contributed by atoms with Gasteiger partial charge in [-0.15, -0.1) is 0 Å². The van der Waals surface area contributed by atoms with E-state index in [0.717, 1.165) is 17.8 Å². The lowest BCUT2D eigenvalue weighted by atomic mass is 9.73. The molecule has 20 heavy (non-hydrogen) atoms. The van der Waals surface area contributed by atoms with Crippen LogP contribution in [-0.4, -0.2) is 48.8 Å². The Morgan fingerprint density at radius 3 is 2.65 bits per heavy atom. The predicted molar refractivity (Wildman–Crippen MR) is 84.8 cm³/mol. The molecular formula is C17H34N2O. The van der Waals surface area contributed by atoms with Crippen molar-refractivity contribution in [2.75, 3.05) is 26.7 Å². The number of hydrogen-bond donors (Lipinski definition) is 2. The minimum atomic E-state index is 0.338. The fraction of sp³-hybridized carbons (Fsp3) is 1.00. The van der Waals surface area contributed by atoms with Crippen LogP contribution in [0.5, 0.6) is 0 Å². The van der Waals surface area contributed by atoms with E-state index in [1.54, 1.807) is 0 Å². The van der Waals surface area contributed by atoms with Gasteiger partial charge in [0.25, 0.3) is 0 Å². The van der Waals surface area contributed by atoms with Crippen LogP contribution in [-0.2, 0) is 0 Å². The summed E-state index contributed by atoms with van der Waals surface area (Å²) in [7, 11) is 2.12. The average molecular weight is 282 g/mol. The smallest absolute Gasteiger partial charge is 0.0586 e. The predicted octanol–water partition coefficient (Wildman–Crippen LogP) is 2.49. The first kappa shape index (κ1) is 16.3. The number of rotatable bonds is 5. The quantitative estimate of drug-likeness (QED) is 0.813. The number of aliphatic hydroxyl groups excluding tert-OH is 1. The van der Waals surface area contributed by atoms with Gasteiger partial charge in [0.2, 0.25) is 0 Å². The first-order chi connectivity index (χ1) is 9.65. The topological polar surface area (TPSA) is 35.5 Å². The molecule has 1 saturated carbocycles. The van der Waals surface area contributed by atoms with Gasteiger partial charge < -0.3 is 10.4 Å². The molecule has 0 aromatic rings. The molecule has 2 aliphatic rings. The van der Waals surface area contributed by atoms with Gasteiger partial charge in [0.15, 0.2) is 0 Å². The molecule has 0 bridgehead atoms. The van der Waals surface area contributed by atoms with E-state index in [9.17, 15) is 5.11 Å². The van der Waals surface area contributed by atoms with Crippen LogP contribution < -0.4 is 5.32 Å². The van der Waals surface area contributed by atoms with Crippen LogP contribution >= 0.6 is 0 Å². The Morgan fingerprint density at radius 1 is 1.20 bits per heavy atom. The summed E-state index contributed by atoms with van der Waals surface area (Å²) in [5.74, 6) is 2.46. The average Bonchev–Trinajstić information content (AvgIpc) is 2.47. The van der Waals surface area contributed by atoms with E-state index in [4.69, 9.17) is 0 Å². The monoisotopic (exact) mass is 282 g/mol. The Bertz CT molecular complexity index is 282. The highest BCUT2D eigenvalue weighted by Crippen LogP contribution is 2.35. The Morgan fingerprint density at radius 2 is 2.00 bits per heavy atom. The molecule has 3 heteroatoms. The third-order valence-electron chi connectivity index (χ3n) is 5.77. The maximum atomic E-state index is 9.60. The summed E-state index contributed by atoms with van der Waals surface area (Å²) in [5, 5.41) is 13.1. The van der Waals surface area contributed by atoms with Crippen LogP contribution in [0.15, 0.2) is 0 Å². The SMILES string of the molecule is CNC1CCC(C(C)C)CC1CN1CCCCC1CO. The summed E-state index contributed by atoms with van der Waals surface area (Å²) in [6, 6.07) is 1.09. The van der Waals surface area contributed by atoms with E-state index >= 15 is 0 Å². The van der Waals surface area contributed by atoms with E-state index in [0.29, 0.717) is 18.7 Å². The highest BCUT2D eigenvalue weighted by Gasteiger charge is 2.33. The van der Waals surface area contributed by atoms with Crippen LogP contribution in [0.2, 0.25) is 0 Å². The van der Waals surface area contributed by atoms with Crippen molar-refractivity contribution in [1.29, 1.82) is 0 Å². The lowest BCUT2D eigenvalue weighted by Gasteiger charge is -2.43. The molecule has 118 valence electrons. The Hall–Kier alpha value is -0.120. The third kappa shape index (κ3) is 3.96. The van der Waals surface area contributed by atoms with Gasteiger partial charge in [0, 0.05) is 18.6 Å². The van der Waals surface area contributed by atoms with E-state index in [1.807, 2.05) is 0 Å². The number of likely N-dealkylation sites (tertiary alicyclic amines) is 1. The number of nitrogens with zero attached hydrogens (tertiary/aromatic N) is 1. The molecule has 0 aromatic carbocycles. The molecule has 1 saturated heterocycles. The molecule has 3 nitrogen and oxygen atoms in total. The van der Waals surface area contributed by atoms with Crippen LogP contribution in [0.3, 0.4) is 0 Å². The Balaban J connectivity index is 1.96. The third-order valence-corrected chi connectivity index (χ3v) is 5.77. The van der Waals surface area contributed by atoms with E-state index in [1.165, 1.54) is 51.6 Å². The molecule has 1 heterocycles. The fourth-order valence-corrected chi connectivity index (χ4v) is 4.30. The van der Waals surface area contributed by atoms with E-state index < -0.39 is 0 Å². The van der Waals surface area contributed by atoms with E-state index in [2.05, 4.69) is 31.1 Å². The van der Waals surface area contributed by atoms with Crippen molar-refractivity contribution in [3.63, 3.8) is 0 Å². The van der Waals surface area contributed by atoms with Crippen molar-refractivity contribution in [3.8, 4) is 0 Å². The summed E-state index contributed by atoms with van der Waals surface area (Å²) in [4.78, 5) is 2.57. The van der Waals surface area contributed by atoms with Crippen molar-refractivity contribution in [2.45, 2.75) is 64.5 Å². The summed E-state index contributed by atoms with van der Waals surface area (Å²) < 4.78 is 0. The molecule has 1 aliphatic heterocycles. The van der Waals surface area contributed by atoms with Gasteiger partial charge in [0.1, 0.15) is 0 Å². The second-order valence-electron chi connectivity index (χ2n) is 7.30. The summed E-state index contributed by atoms with van der Waals surface area (Å²) in [5.41, 5.74) is 0. The van der Waals surface area contributed by atoms with Gasteiger partial charge in [0.05, 0.1) is 6.61 Å². The highest BCUT2D eigenvalue weighted by atomic mass is 16.3. The van der Waals surface area contributed by atoms with E-state index in [-0.39, 0.29) is 0 Å². The lowest BCUT2D eigenvalue weighted by molar-refractivity contribution is 0.0515. The van der Waals surface area contributed by atoms with Crippen molar-refractivity contribution in [2.24, 2.45) is 17.8 Å². The summed E-state index contributed by atoms with van der Waals surface area (Å²) in [6.45, 7) is 7.45. The maximum Gasteiger partial charge on any atom is 0.0586 e. The van der Waals surface area contributed by atoms with Crippen molar-refractivity contribution in [1.82, 2.24) is 10.2 Å². The minimum Gasteiger partial charge on any atom is -0.395 e. The second-order valence-corrected chi connectivity index (χ2v) is 7.30. The number of aliphatic hydroxyl groups is 1. The normalized spacial score (nSPS) is 36.5. The standard InChI is InChI=1S/C17H34N2O/c1-13(2)14-7-8-17(18-3)15(10-14)11-19-9-5-4-6-16(19)12-20/h13-18,20H,4-12H2,1-3H3. The maximum absolute atomic E-state index is 9.60. The Labute approximate surface area is 125 Å². The zero-order valence-electron chi connectivity index (χ0n) is 13.6. The van der Waals surface area contributed by atoms with Crippen LogP contribution in [0.1, 0.15) is 52.4 Å². The number of nitrogens with one attached hydrogen (secondary N) is 1. The van der Waals surface area contributed by atoms with Crippen molar-refractivity contribution < 1.29 is 5.11 Å². The minimum absolute atomic E-state index is 0.338. The van der Waals surface area contributed by atoms with Gasteiger partial charge in [-0.1, -0.05) is 20.3 Å². The molecule has 0 amide bonds. The van der Waals surface area contributed by atoms with Gasteiger partial charge >= 0.3 is 0 Å². The van der Waals surface area contributed by atoms with Crippen LogP contribution in [0.25, 0.3) is 0 Å². The molecular weight excluding hydrogens is 248 g/mol. The highest BCUT2D eigenvalue weighted by molar-refractivity contribution is 4.89. The van der Waals surface area contributed by atoms with Crippen LogP contribution in [0.4, 0.5) is 0 Å². The largest absolute Gasteiger partial charge is 0.395 e. The zero-order chi connectivity index (χ0) is 14.5. The number of piperidine rings is 1. The van der Waals surface area contributed by atoms with Crippen LogP contribution in [0, 0.1) is 17.8 Å². The van der Waals surface area contributed by atoms with Crippen molar-refractivity contribution in [3.05, 3.63) is 0 Å². The first-order valence-corrected chi connectivity index (χ1v) is 8.67. The molecule has 0 spiro atoms. The van der Waals surface area contributed by atoms with Gasteiger partial charge in [-0.05, 0) is 63.5 Å². The molecule has 2 fully saturated rings. The number of hydrogen-bond acceptors (Lipinski definition) is 3. The fourth-order valence-electron chi connectivity index (χ4n) is 4.30. The molecule has 2 rings (SSSR count). The molecule has 2 N–H and O–H groups in total. The Kier molecular flexibility index (Phi) is 6.31. The second kappa shape index (κ2) is 7.77. The zero-order valence-corrected chi connectivity index (χ0v) is 13.6. The summed E-state index contributed by atoms with van der Waals surface area (Å²) >= 11 is 0. The lowest BCUT2D eigenvalue weighted by Crippen LogP contribution is -2.50. The van der Waals surface area contributed by atoms with Gasteiger partial charge in [-0.25, -0.2) is 0 Å².